The number of benzene rings is 2. The lowest BCUT2D eigenvalue weighted by atomic mass is 9.98. The van der Waals surface area contributed by atoms with Crippen molar-refractivity contribution in [1.82, 2.24) is 0 Å². The fourth-order valence-corrected chi connectivity index (χ4v) is 2.70. The number of carbonyl (C=O) groups excluding carboxylic acids is 1. The summed E-state index contributed by atoms with van der Waals surface area (Å²) in [6, 6.07) is 5.72. The molecule has 0 spiro atoms. The van der Waals surface area contributed by atoms with Gasteiger partial charge in [0, 0.05) is 12.0 Å². The lowest BCUT2D eigenvalue weighted by Crippen LogP contribution is -2.20. The van der Waals surface area contributed by atoms with Gasteiger partial charge in [0.1, 0.15) is 17.4 Å². The number of phenolic OH excluding ortho intramolecular Hbond substituents is 1. The van der Waals surface area contributed by atoms with E-state index in [1.54, 1.807) is 13.8 Å². The molecule has 2 aromatic carbocycles. The topological polar surface area (TPSA) is 49.3 Å². The van der Waals surface area contributed by atoms with Crippen molar-refractivity contribution in [3.8, 4) is 5.75 Å². The van der Waals surface area contributed by atoms with Gasteiger partial charge in [0.2, 0.25) is 5.91 Å². The fourth-order valence-electron chi connectivity index (χ4n) is 2.70. The molecule has 5 heteroatoms. The minimum absolute atomic E-state index is 0.0346. The standard InChI is InChI=1S/C20H23F2NO2/c1-11(2)20(25)23-18-15(9-16(21)10-17(18)22)6-5-14-7-12(3)19(24)13(4)8-14/h7-11,24H,5-6H2,1-4H3,(H,23,25). The first-order chi connectivity index (χ1) is 11.7. The van der Waals surface area contributed by atoms with Crippen LogP contribution in [0.3, 0.4) is 0 Å². The fraction of sp³-hybridized carbons (Fsp3) is 0.350. The molecule has 2 aromatic rings. The Hall–Kier alpha value is -2.43. The zero-order valence-corrected chi connectivity index (χ0v) is 14.9. The molecule has 0 radical (unpaired) electrons. The lowest BCUT2D eigenvalue weighted by molar-refractivity contribution is -0.118. The SMILES string of the molecule is Cc1cc(CCc2cc(F)cc(F)c2NC(=O)C(C)C)cc(C)c1O. The molecule has 1 amide bonds. The summed E-state index contributed by atoms with van der Waals surface area (Å²) in [5, 5.41) is 12.4. The highest BCUT2D eigenvalue weighted by molar-refractivity contribution is 5.93. The van der Waals surface area contributed by atoms with Gasteiger partial charge in [0.05, 0.1) is 5.69 Å². The van der Waals surface area contributed by atoms with Crippen LogP contribution in [0.1, 0.15) is 36.1 Å². The maximum Gasteiger partial charge on any atom is 0.227 e. The van der Waals surface area contributed by atoms with Crippen molar-refractivity contribution in [3.05, 3.63) is 58.2 Å². The summed E-state index contributed by atoms with van der Waals surface area (Å²) < 4.78 is 27.8. The number of rotatable bonds is 5. The van der Waals surface area contributed by atoms with Crippen LogP contribution in [0.2, 0.25) is 0 Å². The highest BCUT2D eigenvalue weighted by Crippen LogP contribution is 2.27. The van der Waals surface area contributed by atoms with Crippen LogP contribution in [0, 0.1) is 31.4 Å². The van der Waals surface area contributed by atoms with Gasteiger partial charge >= 0.3 is 0 Å². The predicted molar refractivity (Wildman–Crippen MR) is 94.8 cm³/mol. The molecule has 3 nitrogen and oxygen atoms in total. The Labute approximate surface area is 146 Å². The first-order valence-electron chi connectivity index (χ1n) is 8.27. The van der Waals surface area contributed by atoms with Gasteiger partial charge < -0.3 is 10.4 Å². The number of phenols is 1. The molecular weight excluding hydrogens is 324 g/mol. The third kappa shape index (κ3) is 4.56. The molecule has 0 bridgehead atoms. The van der Waals surface area contributed by atoms with E-state index in [4.69, 9.17) is 0 Å². The Morgan fingerprint density at radius 3 is 2.24 bits per heavy atom. The molecule has 0 fully saturated rings. The van der Waals surface area contributed by atoms with Crippen LogP contribution in [-0.4, -0.2) is 11.0 Å². The van der Waals surface area contributed by atoms with Crippen LogP contribution < -0.4 is 5.32 Å². The number of amides is 1. The van der Waals surface area contributed by atoms with Crippen molar-refractivity contribution in [2.24, 2.45) is 5.92 Å². The first-order valence-corrected chi connectivity index (χ1v) is 8.27. The summed E-state index contributed by atoms with van der Waals surface area (Å²) in [7, 11) is 0. The number of hydrogen-bond donors (Lipinski definition) is 2. The summed E-state index contributed by atoms with van der Waals surface area (Å²) in [6.45, 7) is 7.03. The van der Waals surface area contributed by atoms with E-state index in [1.165, 1.54) is 6.07 Å². The van der Waals surface area contributed by atoms with Crippen LogP contribution in [0.15, 0.2) is 24.3 Å². The second-order valence-electron chi connectivity index (χ2n) is 6.64. The summed E-state index contributed by atoms with van der Waals surface area (Å²) in [5.74, 6) is -1.82. The van der Waals surface area contributed by atoms with E-state index in [9.17, 15) is 18.7 Å². The van der Waals surface area contributed by atoms with Gasteiger partial charge in [-0.1, -0.05) is 26.0 Å². The molecule has 0 aliphatic rings. The quantitative estimate of drug-likeness (QED) is 0.826. The Kier molecular flexibility index (Phi) is 5.77. The molecule has 0 aliphatic carbocycles. The average molecular weight is 347 g/mol. The maximum atomic E-state index is 14.2. The molecule has 0 aromatic heterocycles. The molecule has 134 valence electrons. The number of halogens is 2. The van der Waals surface area contributed by atoms with Gasteiger partial charge in [-0.2, -0.15) is 0 Å². The van der Waals surface area contributed by atoms with E-state index >= 15 is 0 Å². The molecule has 0 heterocycles. The smallest absolute Gasteiger partial charge is 0.227 e. The largest absolute Gasteiger partial charge is 0.507 e. The van der Waals surface area contributed by atoms with Gasteiger partial charge in [0.15, 0.2) is 0 Å². The van der Waals surface area contributed by atoms with E-state index in [2.05, 4.69) is 5.32 Å². The monoisotopic (exact) mass is 347 g/mol. The van der Waals surface area contributed by atoms with Crippen molar-refractivity contribution in [2.45, 2.75) is 40.5 Å². The van der Waals surface area contributed by atoms with E-state index in [0.717, 1.165) is 22.8 Å². The second-order valence-corrected chi connectivity index (χ2v) is 6.64. The molecule has 0 aliphatic heterocycles. The van der Waals surface area contributed by atoms with Gasteiger partial charge in [-0.05, 0) is 55.0 Å². The van der Waals surface area contributed by atoms with E-state index < -0.39 is 11.6 Å². The molecule has 0 atom stereocenters. The van der Waals surface area contributed by atoms with Gasteiger partial charge in [0.25, 0.3) is 0 Å². The molecule has 0 saturated carbocycles. The Morgan fingerprint density at radius 2 is 1.68 bits per heavy atom. The van der Waals surface area contributed by atoms with E-state index in [-0.39, 0.29) is 23.3 Å². The van der Waals surface area contributed by atoms with Crippen LogP contribution in [0.5, 0.6) is 5.75 Å². The Balaban J connectivity index is 2.28. The van der Waals surface area contributed by atoms with Crippen molar-refractivity contribution < 1.29 is 18.7 Å². The number of aromatic hydroxyl groups is 1. The van der Waals surface area contributed by atoms with Crippen LogP contribution >= 0.6 is 0 Å². The molecular formula is C20H23F2NO2. The first kappa shape index (κ1) is 18.9. The molecule has 2 rings (SSSR count). The number of carbonyl (C=O) groups is 1. The Morgan fingerprint density at radius 1 is 1.08 bits per heavy atom. The van der Waals surface area contributed by atoms with Crippen LogP contribution in [0.4, 0.5) is 14.5 Å². The lowest BCUT2D eigenvalue weighted by Gasteiger charge is -2.15. The normalized spacial score (nSPS) is 11.0. The highest BCUT2D eigenvalue weighted by Gasteiger charge is 2.16. The maximum absolute atomic E-state index is 14.2. The van der Waals surface area contributed by atoms with Gasteiger partial charge in [-0.3, -0.25) is 4.79 Å². The summed E-state index contributed by atoms with van der Waals surface area (Å²) in [5.41, 5.74) is 2.92. The zero-order valence-electron chi connectivity index (χ0n) is 14.9. The average Bonchev–Trinajstić information content (AvgIpc) is 2.52. The van der Waals surface area contributed by atoms with Gasteiger partial charge in [-0.25, -0.2) is 8.78 Å². The number of anilines is 1. The van der Waals surface area contributed by atoms with E-state index in [1.807, 2.05) is 26.0 Å². The van der Waals surface area contributed by atoms with Crippen LogP contribution in [-0.2, 0) is 17.6 Å². The highest BCUT2D eigenvalue weighted by atomic mass is 19.1. The third-order valence-electron chi connectivity index (χ3n) is 4.14. The Bertz CT molecular complexity index is 778. The summed E-state index contributed by atoms with van der Waals surface area (Å²) >= 11 is 0. The van der Waals surface area contributed by atoms with Crippen LogP contribution in [0.25, 0.3) is 0 Å². The molecule has 0 saturated heterocycles. The summed E-state index contributed by atoms with van der Waals surface area (Å²) in [6.07, 6.45) is 0.904. The molecule has 0 unspecified atom stereocenters. The van der Waals surface area contributed by atoms with Crippen molar-refractivity contribution in [1.29, 1.82) is 0 Å². The third-order valence-corrected chi connectivity index (χ3v) is 4.14. The molecule has 25 heavy (non-hydrogen) atoms. The van der Waals surface area contributed by atoms with Gasteiger partial charge in [-0.15, -0.1) is 0 Å². The van der Waals surface area contributed by atoms with E-state index in [0.29, 0.717) is 18.4 Å². The minimum Gasteiger partial charge on any atom is -0.507 e. The second kappa shape index (κ2) is 7.64. The number of nitrogens with one attached hydrogen (secondary N) is 1. The zero-order chi connectivity index (χ0) is 18.7. The minimum atomic E-state index is -0.776. The predicted octanol–water partition coefficient (Wildman–Crippen LogP) is 4.67. The number of aryl methyl sites for hydroxylation is 4. The molecule has 2 N–H and O–H groups in total. The van der Waals surface area contributed by atoms with Crippen molar-refractivity contribution >= 4 is 11.6 Å². The number of hydrogen-bond acceptors (Lipinski definition) is 2. The summed E-state index contributed by atoms with van der Waals surface area (Å²) in [4.78, 5) is 11.9. The van der Waals surface area contributed by atoms with Crippen molar-refractivity contribution in [2.75, 3.05) is 5.32 Å². The van der Waals surface area contributed by atoms with Crippen molar-refractivity contribution in [3.63, 3.8) is 0 Å².